The Morgan fingerprint density at radius 1 is 1.37 bits per heavy atom. The van der Waals surface area contributed by atoms with Crippen LogP contribution in [0.5, 0.6) is 0 Å². The molecule has 0 saturated heterocycles. The van der Waals surface area contributed by atoms with Crippen LogP contribution in [0.1, 0.15) is 40.0 Å². The Morgan fingerprint density at radius 3 is 2.74 bits per heavy atom. The molecule has 19 heavy (non-hydrogen) atoms. The molecule has 0 bridgehead atoms. The van der Waals surface area contributed by atoms with E-state index in [2.05, 4.69) is 63.8 Å². The molecule has 0 nitrogen and oxygen atoms in total. The highest BCUT2D eigenvalue weighted by Crippen LogP contribution is 2.38. The third-order valence-corrected chi connectivity index (χ3v) is 4.51. The predicted molar refractivity (Wildman–Crippen MR) is 84.9 cm³/mol. The standard InChI is InChI=1S/C19H26/c1-5-16-12-11-15(4)18(14(2)3)13-19(16)17-9-7-6-8-10-17/h5-9,13,15,17-18H,2,10-12H2,1,3-4H3. The average molecular weight is 254 g/mol. The summed E-state index contributed by atoms with van der Waals surface area (Å²) in [6, 6.07) is 0. The van der Waals surface area contributed by atoms with Crippen molar-refractivity contribution in [2.75, 3.05) is 0 Å². The summed E-state index contributed by atoms with van der Waals surface area (Å²) in [7, 11) is 0. The van der Waals surface area contributed by atoms with Gasteiger partial charge in [0, 0.05) is 11.8 Å². The largest absolute Gasteiger partial charge is 0.0995 e. The Kier molecular flexibility index (Phi) is 4.63. The molecule has 2 rings (SSSR count). The smallest absolute Gasteiger partial charge is 0.00553 e. The first-order chi connectivity index (χ1) is 9.13. The van der Waals surface area contributed by atoms with Crippen molar-refractivity contribution in [2.45, 2.75) is 40.0 Å². The van der Waals surface area contributed by atoms with Gasteiger partial charge >= 0.3 is 0 Å². The summed E-state index contributed by atoms with van der Waals surface area (Å²) in [4.78, 5) is 0. The van der Waals surface area contributed by atoms with E-state index >= 15 is 0 Å². The fraction of sp³-hybridized carbons (Fsp3) is 0.474. The first-order valence-electron chi connectivity index (χ1n) is 7.49. The van der Waals surface area contributed by atoms with Gasteiger partial charge in [-0.05, 0) is 50.2 Å². The molecule has 3 unspecified atom stereocenters. The van der Waals surface area contributed by atoms with Crippen LogP contribution >= 0.6 is 0 Å². The molecule has 0 amide bonds. The molecule has 0 spiro atoms. The Morgan fingerprint density at radius 2 is 2.16 bits per heavy atom. The number of allylic oxidation sites excluding steroid dienone is 9. The zero-order valence-corrected chi connectivity index (χ0v) is 12.5. The first kappa shape index (κ1) is 14.1. The van der Waals surface area contributed by atoms with Gasteiger partial charge in [0.15, 0.2) is 0 Å². The molecule has 0 radical (unpaired) electrons. The van der Waals surface area contributed by atoms with Crippen LogP contribution < -0.4 is 0 Å². The van der Waals surface area contributed by atoms with Crippen LogP contribution in [0.3, 0.4) is 0 Å². The van der Waals surface area contributed by atoms with Crippen molar-refractivity contribution < 1.29 is 0 Å². The second-order valence-corrected chi connectivity index (χ2v) is 5.98. The van der Waals surface area contributed by atoms with E-state index in [1.807, 2.05) is 0 Å². The maximum atomic E-state index is 4.21. The zero-order chi connectivity index (χ0) is 13.8. The maximum absolute atomic E-state index is 4.21. The van der Waals surface area contributed by atoms with Gasteiger partial charge in [0.2, 0.25) is 0 Å². The Labute approximate surface area is 118 Å². The van der Waals surface area contributed by atoms with Crippen molar-refractivity contribution in [3.63, 3.8) is 0 Å². The van der Waals surface area contributed by atoms with Gasteiger partial charge in [-0.1, -0.05) is 55.5 Å². The van der Waals surface area contributed by atoms with Gasteiger partial charge in [0.25, 0.3) is 0 Å². The SMILES string of the molecule is C=C(C)C1C=C(C2C=CC=CC2)C(=CC)CCC1C. The Balaban J connectivity index is 2.37. The summed E-state index contributed by atoms with van der Waals surface area (Å²) in [6.07, 6.45) is 17.4. The molecular formula is C19H26. The lowest BCUT2D eigenvalue weighted by Gasteiger charge is -2.22. The van der Waals surface area contributed by atoms with Crippen molar-refractivity contribution in [3.8, 4) is 0 Å². The van der Waals surface area contributed by atoms with Crippen LogP contribution in [0, 0.1) is 17.8 Å². The highest BCUT2D eigenvalue weighted by atomic mass is 14.3. The van der Waals surface area contributed by atoms with E-state index in [9.17, 15) is 0 Å². The minimum absolute atomic E-state index is 0.534. The topological polar surface area (TPSA) is 0 Å². The van der Waals surface area contributed by atoms with Crippen molar-refractivity contribution in [2.24, 2.45) is 17.8 Å². The van der Waals surface area contributed by atoms with E-state index in [1.165, 1.54) is 18.4 Å². The fourth-order valence-electron chi connectivity index (χ4n) is 3.28. The van der Waals surface area contributed by atoms with E-state index in [0.717, 1.165) is 6.42 Å². The van der Waals surface area contributed by atoms with E-state index in [1.54, 1.807) is 11.1 Å². The van der Waals surface area contributed by atoms with E-state index in [-0.39, 0.29) is 0 Å². The second kappa shape index (κ2) is 6.23. The van der Waals surface area contributed by atoms with Gasteiger partial charge in [0.1, 0.15) is 0 Å². The molecule has 0 aliphatic heterocycles. The van der Waals surface area contributed by atoms with E-state index in [4.69, 9.17) is 0 Å². The molecular weight excluding hydrogens is 228 g/mol. The summed E-state index contributed by atoms with van der Waals surface area (Å²) >= 11 is 0. The van der Waals surface area contributed by atoms with Gasteiger partial charge < -0.3 is 0 Å². The van der Waals surface area contributed by atoms with Crippen molar-refractivity contribution >= 4 is 0 Å². The van der Waals surface area contributed by atoms with Crippen LogP contribution in [0.4, 0.5) is 0 Å². The number of rotatable bonds is 2. The summed E-state index contributed by atoms with van der Waals surface area (Å²) in [5.41, 5.74) is 4.39. The van der Waals surface area contributed by atoms with Crippen LogP contribution in [-0.2, 0) is 0 Å². The van der Waals surface area contributed by atoms with Gasteiger partial charge in [-0.25, -0.2) is 0 Å². The fourth-order valence-corrected chi connectivity index (χ4v) is 3.28. The van der Waals surface area contributed by atoms with Crippen molar-refractivity contribution in [1.29, 1.82) is 0 Å². The summed E-state index contributed by atoms with van der Waals surface area (Å²) in [5, 5.41) is 0. The molecule has 3 atom stereocenters. The van der Waals surface area contributed by atoms with E-state index < -0.39 is 0 Å². The first-order valence-corrected chi connectivity index (χ1v) is 7.49. The quantitative estimate of drug-likeness (QED) is 0.561. The predicted octanol–water partition coefficient (Wildman–Crippen LogP) is 5.61. The highest BCUT2D eigenvalue weighted by molar-refractivity contribution is 5.40. The summed E-state index contributed by atoms with van der Waals surface area (Å²) in [5.74, 6) is 1.79. The molecule has 0 fully saturated rings. The third-order valence-electron chi connectivity index (χ3n) is 4.51. The Hall–Kier alpha value is -1.30. The number of hydrogen-bond acceptors (Lipinski definition) is 0. The molecule has 0 aromatic carbocycles. The minimum Gasteiger partial charge on any atom is -0.0995 e. The number of hydrogen-bond donors (Lipinski definition) is 0. The van der Waals surface area contributed by atoms with Crippen molar-refractivity contribution in [1.82, 2.24) is 0 Å². The summed E-state index contributed by atoms with van der Waals surface area (Å²) < 4.78 is 0. The lowest BCUT2D eigenvalue weighted by atomic mass is 9.83. The minimum atomic E-state index is 0.534. The lowest BCUT2D eigenvalue weighted by Crippen LogP contribution is -2.10. The zero-order valence-electron chi connectivity index (χ0n) is 12.5. The molecule has 102 valence electrons. The van der Waals surface area contributed by atoms with Crippen LogP contribution in [-0.4, -0.2) is 0 Å². The molecule has 2 aliphatic rings. The lowest BCUT2D eigenvalue weighted by molar-refractivity contribution is 0.454. The monoisotopic (exact) mass is 254 g/mol. The van der Waals surface area contributed by atoms with Gasteiger partial charge in [-0.15, -0.1) is 0 Å². The highest BCUT2D eigenvalue weighted by Gasteiger charge is 2.25. The molecule has 0 N–H and O–H groups in total. The van der Waals surface area contributed by atoms with Gasteiger partial charge in [-0.3, -0.25) is 0 Å². The van der Waals surface area contributed by atoms with Crippen molar-refractivity contribution in [3.05, 3.63) is 59.8 Å². The molecule has 0 aromatic heterocycles. The van der Waals surface area contributed by atoms with Crippen LogP contribution in [0.15, 0.2) is 59.8 Å². The molecule has 2 aliphatic carbocycles. The molecule has 0 heterocycles. The Bertz CT molecular complexity index is 456. The second-order valence-electron chi connectivity index (χ2n) is 5.98. The molecule has 0 heteroatoms. The molecule has 0 aromatic rings. The molecule has 0 saturated carbocycles. The van der Waals surface area contributed by atoms with E-state index in [0.29, 0.717) is 17.8 Å². The van der Waals surface area contributed by atoms with Crippen LogP contribution in [0.25, 0.3) is 0 Å². The van der Waals surface area contributed by atoms with Gasteiger partial charge in [0.05, 0.1) is 0 Å². The maximum Gasteiger partial charge on any atom is 0.00553 e. The normalized spacial score (nSPS) is 33.1. The summed E-state index contributed by atoms with van der Waals surface area (Å²) in [6.45, 7) is 10.9. The average Bonchev–Trinajstić information content (AvgIpc) is 2.59. The van der Waals surface area contributed by atoms with Gasteiger partial charge in [-0.2, -0.15) is 0 Å². The van der Waals surface area contributed by atoms with Crippen LogP contribution in [0.2, 0.25) is 0 Å². The third kappa shape index (κ3) is 3.18.